The number of aryl methyl sites for hydroxylation is 1. The van der Waals surface area contributed by atoms with Crippen molar-refractivity contribution in [2.45, 2.75) is 26.2 Å². The highest BCUT2D eigenvalue weighted by molar-refractivity contribution is 5.51. The van der Waals surface area contributed by atoms with Gasteiger partial charge in [0.05, 0.1) is 0 Å². The Labute approximate surface area is 113 Å². The number of hydrogen-bond donors (Lipinski definition) is 1. The van der Waals surface area contributed by atoms with Gasteiger partial charge in [0.2, 0.25) is 0 Å². The summed E-state index contributed by atoms with van der Waals surface area (Å²) in [6.07, 6.45) is 5.50. The van der Waals surface area contributed by atoms with E-state index >= 15 is 0 Å². The molecule has 5 heteroatoms. The van der Waals surface area contributed by atoms with E-state index in [2.05, 4.69) is 33.3 Å². The van der Waals surface area contributed by atoms with Crippen LogP contribution in [-0.2, 0) is 0 Å². The van der Waals surface area contributed by atoms with Crippen LogP contribution in [0, 0.1) is 6.92 Å². The lowest BCUT2D eigenvalue weighted by Gasteiger charge is -2.15. The van der Waals surface area contributed by atoms with Crippen LogP contribution in [0.3, 0.4) is 0 Å². The van der Waals surface area contributed by atoms with E-state index in [1.165, 1.54) is 44.5 Å². The minimum absolute atomic E-state index is 0.905. The molecule has 0 atom stereocenters. The van der Waals surface area contributed by atoms with E-state index in [4.69, 9.17) is 0 Å². The number of hydrogen-bond acceptors (Lipinski definition) is 4. The van der Waals surface area contributed by atoms with E-state index < -0.39 is 0 Å². The topological polar surface area (TPSA) is 45.5 Å². The maximum absolute atomic E-state index is 4.25. The first-order chi connectivity index (χ1) is 9.33. The van der Waals surface area contributed by atoms with Gasteiger partial charge in [-0.2, -0.15) is 9.61 Å². The smallest absolute Gasteiger partial charge is 0.157 e. The molecule has 5 nitrogen and oxygen atoms in total. The number of aromatic nitrogens is 3. The molecule has 1 aliphatic rings. The number of nitrogens with zero attached hydrogens (tertiary/aromatic N) is 4. The maximum Gasteiger partial charge on any atom is 0.157 e. The lowest BCUT2D eigenvalue weighted by atomic mass is 10.3. The largest absolute Gasteiger partial charge is 0.370 e. The summed E-state index contributed by atoms with van der Waals surface area (Å²) in [5.74, 6) is 1.04. The Balaban J connectivity index is 1.57. The van der Waals surface area contributed by atoms with Crippen LogP contribution in [0.4, 0.5) is 5.82 Å². The molecule has 1 saturated heterocycles. The van der Waals surface area contributed by atoms with Gasteiger partial charge in [0.1, 0.15) is 12.1 Å². The normalized spacial score (nSPS) is 16.3. The van der Waals surface area contributed by atoms with Crippen molar-refractivity contribution < 1.29 is 0 Å². The monoisotopic (exact) mass is 259 g/mol. The molecule has 3 heterocycles. The fourth-order valence-electron chi connectivity index (χ4n) is 2.71. The summed E-state index contributed by atoms with van der Waals surface area (Å²) >= 11 is 0. The quantitative estimate of drug-likeness (QED) is 0.833. The van der Waals surface area contributed by atoms with Crippen LogP contribution in [-0.4, -0.2) is 45.7 Å². The minimum atomic E-state index is 0.905. The zero-order valence-electron chi connectivity index (χ0n) is 11.5. The van der Waals surface area contributed by atoms with E-state index in [0.717, 1.165) is 18.0 Å². The van der Waals surface area contributed by atoms with E-state index in [1.807, 2.05) is 10.6 Å². The molecule has 1 aliphatic heterocycles. The highest BCUT2D eigenvalue weighted by Gasteiger charge is 2.10. The third-order valence-corrected chi connectivity index (χ3v) is 3.68. The Kier molecular flexibility index (Phi) is 3.64. The van der Waals surface area contributed by atoms with Crippen molar-refractivity contribution in [3.63, 3.8) is 0 Å². The molecule has 0 saturated carbocycles. The first kappa shape index (κ1) is 12.4. The molecule has 0 amide bonds. The van der Waals surface area contributed by atoms with Crippen LogP contribution < -0.4 is 5.32 Å². The van der Waals surface area contributed by atoms with Gasteiger partial charge in [-0.05, 0) is 63.5 Å². The molecule has 0 aliphatic carbocycles. The molecule has 2 aromatic rings. The van der Waals surface area contributed by atoms with Crippen LogP contribution in [0.2, 0.25) is 0 Å². The zero-order valence-corrected chi connectivity index (χ0v) is 11.5. The van der Waals surface area contributed by atoms with Gasteiger partial charge in [-0.25, -0.2) is 4.98 Å². The Morgan fingerprint density at radius 1 is 1.26 bits per heavy atom. The predicted molar refractivity (Wildman–Crippen MR) is 76.5 cm³/mol. The van der Waals surface area contributed by atoms with Gasteiger partial charge >= 0.3 is 0 Å². The summed E-state index contributed by atoms with van der Waals surface area (Å²) in [5, 5.41) is 7.72. The van der Waals surface area contributed by atoms with Gasteiger partial charge in [0, 0.05) is 6.54 Å². The summed E-state index contributed by atoms with van der Waals surface area (Å²) in [4.78, 5) is 6.78. The van der Waals surface area contributed by atoms with Crippen LogP contribution in [0.5, 0.6) is 0 Å². The van der Waals surface area contributed by atoms with Crippen LogP contribution >= 0.6 is 0 Å². The number of likely N-dealkylation sites (tertiary alicyclic amines) is 1. The molecular weight excluding hydrogens is 238 g/mol. The number of nitrogens with one attached hydrogen (secondary N) is 1. The Morgan fingerprint density at radius 2 is 2.11 bits per heavy atom. The molecule has 19 heavy (non-hydrogen) atoms. The third-order valence-electron chi connectivity index (χ3n) is 3.68. The number of anilines is 1. The molecule has 0 spiro atoms. The maximum atomic E-state index is 4.25. The Hall–Kier alpha value is -1.62. The van der Waals surface area contributed by atoms with Gasteiger partial charge in [-0.15, -0.1) is 0 Å². The molecule has 1 N–H and O–H groups in total. The lowest BCUT2D eigenvalue weighted by molar-refractivity contribution is 0.337. The molecule has 1 fully saturated rings. The zero-order chi connectivity index (χ0) is 13.1. The van der Waals surface area contributed by atoms with Crippen molar-refractivity contribution in [3.8, 4) is 0 Å². The average Bonchev–Trinajstić information content (AvgIpc) is 3.04. The van der Waals surface area contributed by atoms with Crippen molar-refractivity contribution in [3.05, 3.63) is 24.0 Å². The second-order valence-electron chi connectivity index (χ2n) is 5.28. The number of rotatable bonds is 5. The first-order valence-electron chi connectivity index (χ1n) is 7.09. The lowest BCUT2D eigenvalue weighted by Crippen LogP contribution is -2.22. The Bertz CT molecular complexity index is 542. The van der Waals surface area contributed by atoms with Crippen molar-refractivity contribution in [2.75, 3.05) is 31.5 Å². The van der Waals surface area contributed by atoms with Crippen molar-refractivity contribution >= 4 is 11.5 Å². The molecule has 0 unspecified atom stereocenters. The highest BCUT2D eigenvalue weighted by atomic mass is 15.3. The summed E-state index contributed by atoms with van der Waals surface area (Å²) < 4.78 is 1.86. The predicted octanol–water partition coefficient (Wildman–Crippen LogP) is 1.94. The Morgan fingerprint density at radius 3 is 2.95 bits per heavy atom. The van der Waals surface area contributed by atoms with Crippen molar-refractivity contribution in [1.29, 1.82) is 0 Å². The number of pyridine rings is 1. The average molecular weight is 259 g/mol. The second-order valence-corrected chi connectivity index (χ2v) is 5.28. The van der Waals surface area contributed by atoms with Gasteiger partial charge in [0.15, 0.2) is 5.65 Å². The summed E-state index contributed by atoms with van der Waals surface area (Å²) in [7, 11) is 0. The first-order valence-corrected chi connectivity index (χ1v) is 7.09. The molecule has 0 bridgehead atoms. The molecule has 2 aromatic heterocycles. The standard InChI is InChI=1S/C14H21N5/c1-12-9-13(19-14(10-12)16-11-17-19)15-5-4-8-18-6-2-3-7-18/h9-11,15H,2-8H2,1H3. The van der Waals surface area contributed by atoms with E-state index in [0.29, 0.717) is 0 Å². The minimum Gasteiger partial charge on any atom is -0.370 e. The van der Waals surface area contributed by atoms with E-state index in [1.54, 1.807) is 6.33 Å². The second kappa shape index (κ2) is 5.57. The van der Waals surface area contributed by atoms with E-state index in [-0.39, 0.29) is 0 Å². The van der Waals surface area contributed by atoms with Crippen LogP contribution in [0.1, 0.15) is 24.8 Å². The van der Waals surface area contributed by atoms with Gasteiger partial charge < -0.3 is 10.2 Å². The molecule has 0 aromatic carbocycles. The molecule has 102 valence electrons. The SMILES string of the molecule is Cc1cc(NCCCN2CCCC2)n2ncnc2c1. The molecule has 3 rings (SSSR count). The molecule has 0 radical (unpaired) electrons. The van der Waals surface area contributed by atoms with E-state index in [9.17, 15) is 0 Å². The van der Waals surface area contributed by atoms with Gasteiger partial charge in [-0.1, -0.05) is 0 Å². The third kappa shape index (κ3) is 2.87. The fourth-order valence-corrected chi connectivity index (χ4v) is 2.71. The van der Waals surface area contributed by atoms with Crippen LogP contribution in [0.15, 0.2) is 18.5 Å². The van der Waals surface area contributed by atoms with Crippen LogP contribution in [0.25, 0.3) is 5.65 Å². The summed E-state index contributed by atoms with van der Waals surface area (Å²) in [5.41, 5.74) is 2.12. The van der Waals surface area contributed by atoms with Gasteiger partial charge in [-0.3, -0.25) is 0 Å². The summed E-state index contributed by atoms with van der Waals surface area (Å²) in [6, 6.07) is 4.17. The fraction of sp³-hybridized carbons (Fsp3) is 0.571. The summed E-state index contributed by atoms with van der Waals surface area (Å²) in [6.45, 7) is 6.81. The van der Waals surface area contributed by atoms with Gasteiger partial charge in [0.25, 0.3) is 0 Å². The molecular formula is C14H21N5. The van der Waals surface area contributed by atoms with Crippen molar-refractivity contribution in [2.24, 2.45) is 0 Å². The number of fused-ring (bicyclic) bond motifs is 1. The van der Waals surface area contributed by atoms with Crippen molar-refractivity contribution in [1.82, 2.24) is 19.5 Å². The highest BCUT2D eigenvalue weighted by Crippen LogP contribution is 2.13.